The van der Waals surface area contributed by atoms with Gasteiger partial charge in [-0.05, 0) is 23.7 Å². The number of para-hydroxylation sites is 2. The Kier molecular flexibility index (Phi) is 3.60. The summed E-state index contributed by atoms with van der Waals surface area (Å²) in [5, 5.41) is 11.8. The second-order valence-electron chi connectivity index (χ2n) is 3.34. The number of anilines is 2. The lowest BCUT2D eigenvalue weighted by Crippen LogP contribution is -1.99. The maximum absolute atomic E-state index is 8.80. The molecule has 1 heterocycles. The molecule has 5 nitrogen and oxygen atoms in total. The number of rotatable bonds is 3. The van der Waals surface area contributed by atoms with Crippen LogP contribution in [0.25, 0.3) is 0 Å². The molecule has 0 bridgehead atoms. The molecule has 18 heavy (non-hydrogen) atoms. The van der Waals surface area contributed by atoms with E-state index in [9.17, 15) is 0 Å². The van der Waals surface area contributed by atoms with Gasteiger partial charge >= 0.3 is 0 Å². The molecule has 1 aromatic carbocycles. The molecule has 0 radical (unpaired) electrons. The van der Waals surface area contributed by atoms with E-state index >= 15 is 0 Å². The Morgan fingerprint density at radius 1 is 1.33 bits per heavy atom. The molecule has 90 valence electrons. The van der Waals surface area contributed by atoms with E-state index in [2.05, 4.69) is 15.3 Å². The van der Waals surface area contributed by atoms with Crippen LogP contribution in [0.15, 0.2) is 30.3 Å². The third-order valence-electron chi connectivity index (χ3n) is 2.18. The number of hydrogen-bond donors (Lipinski definition) is 1. The van der Waals surface area contributed by atoms with E-state index in [4.69, 9.17) is 21.6 Å². The lowest BCUT2D eigenvalue weighted by atomic mass is 10.3. The van der Waals surface area contributed by atoms with E-state index in [1.165, 1.54) is 6.07 Å². The topological polar surface area (TPSA) is 70.8 Å². The van der Waals surface area contributed by atoms with Crippen LogP contribution in [-0.4, -0.2) is 17.1 Å². The van der Waals surface area contributed by atoms with Crippen LogP contribution in [0.5, 0.6) is 5.75 Å². The van der Waals surface area contributed by atoms with Crippen molar-refractivity contribution in [3.8, 4) is 11.8 Å². The summed E-state index contributed by atoms with van der Waals surface area (Å²) < 4.78 is 5.20. The molecule has 0 spiro atoms. The van der Waals surface area contributed by atoms with Crippen LogP contribution in [0.4, 0.5) is 11.5 Å². The Morgan fingerprint density at radius 3 is 2.83 bits per heavy atom. The van der Waals surface area contributed by atoms with E-state index < -0.39 is 0 Å². The monoisotopic (exact) mass is 260 g/mol. The molecule has 0 fully saturated rings. The minimum atomic E-state index is 0.0199. The molecular weight excluding hydrogens is 252 g/mol. The van der Waals surface area contributed by atoms with E-state index in [1.54, 1.807) is 7.11 Å². The molecule has 0 amide bonds. The van der Waals surface area contributed by atoms with E-state index in [0.717, 1.165) is 5.69 Å². The lowest BCUT2D eigenvalue weighted by Gasteiger charge is -2.10. The highest BCUT2D eigenvalue weighted by Crippen LogP contribution is 2.26. The van der Waals surface area contributed by atoms with Gasteiger partial charge in [-0.3, -0.25) is 0 Å². The first kappa shape index (κ1) is 12.1. The third-order valence-corrected chi connectivity index (χ3v) is 2.35. The first-order chi connectivity index (χ1) is 8.72. The van der Waals surface area contributed by atoms with Gasteiger partial charge < -0.3 is 10.1 Å². The Morgan fingerprint density at radius 2 is 2.11 bits per heavy atom. The highest BCUT2D eigenvalue weighted by atomic mass is 35.5. The maximum atomic E-state index is 8.80. The Hall–Kier alpha value is -2.32. The zero-order valence-electron chi connectivity index (χ0n) is 9.51. The van der Waals surface area contributed by atoms with Gasteiger partial charge in [-0.1, -0.05) is 12.1 Å². The predicted molar refractivity (Wildman–Crippen MR) is 68.0 cm³/mol. The van der Waals surface area contributed by atoms with Crippen molar-refractivity contribution in [1.82, 2.24) is 9.97 Å². The molecule has 0 aliphatic heterocycles. The normalized spacial score (nSPS) is 9.61. The van der Waals surface area contributed by atoms with Crippen LogP contribution < -0.4 is 10.1 Å². The van der Waals surface area contributed by atoms with Crippen LogP contribution in [0.1, 0.15) is 5.69 Å². The fourth-order valence-corrected chi connectivity index (χ4v) is 1.61. The van der Waals surface area contributed by atoms with Crippen molar-refractivity contribution in [3.63, 3.8) is 0 Å². The molecule has 0 aliphatic carbocycles. The van der Waals surface area contributed by atoms with Crippen molar-refractivity contribution in [1.29, 1.82) is 5.26 Å². The van der Waals surface area contributed by atoms with Gasteiger partial charge in [-0.25, -0.2) is 9.97 Å². The van der Waals surface area contributed by atoms with Crippen molar-refractivity contribution in [3.05, 3.63) is 41.3 Å². The van der Waals surface area contributed by atoms with Crippen LogP contribution in [0.2, 0.25) is 5.28 Å². The largest absolute Gasteiger partial charge is 0.495 e. The molecule has 1 aromatic heterocycles. The molecule has 6 heteroatoms. The van der Waals surface area contributed by atoms with Gasteiger partial charge in [0.2, 0.25) is 5.28 Å². The number of benzene rings is 1. The summed E-state index contributed by atoms with van der Waals surface area (Å²) in [4.78, 5) is 7.75. The third kappa shape index (κ3) is 2.67. The van der Waals surface area contributed by atoms with Gasteiger partial charge in [0.25, 0.3) is 0 Å². The first-order valence-corrected chi connectivity index (χ1v) is 5.45. The summed E-state index contributed by atoms with van der Waals surface area (Å²) in [6, 6.07) is 10.8. The number of nitriles is 1. The lowest BCUT2D eigenvalue weighted by molar-refractivity contribution is 0.417. The fraction of sp³-hybridized carbons (Fsp3) is 0.0833. The minimum Gasteiger partial charge on any atom is -0.495 e. The minimum absolute atomic E-state index is 0.0199. The summed E-state index contributed by atoms with van der Waals surface area (Å²) in [6.07, 6.45) is 0. The number of hydrogen-bond acceptors (Lipinski definition) is 5. The summed E-state index contributed by atoms with van der Waals surface area (Å²) in [5.74, 6) is 1.11. The van der Waals surface area contributed by atoms with Crippen LogP contribution >= 0.6 is 11.6 Å². The Labute approximate surface area is 109 Å². The summed E-state index contributed by atoms with van der Waals surface area (Å²) in [5.41, 5.74) is 0.936. The molecule has 0 aliphatic rings. The van der Waals surface area contributed by atoms with Crippen molar-refractivity contribution >= 4 is 23.1 Å². The summed E-state index contributed by atoms with van der Waals surface area (Å²) >= 11 is 5.72. The van der Waals surface area contributed by atoms with Crippen LogP contribution in [0.3, 0.4) is 0 Å². The number of nitrogens with one attached hydrogen (secondary N) is 1. The summed E-state index contributed by atoms with van der Waals surface area (Å²) in [7, 11) is 1.58. The second-order valence-corrected chi connectivity index (χ2v) is 3.68. The zero-order valence-corrected chi connectivity index (χ0v) is 10.3. The summed E-state index contributed by atoms with van der Waals surface area (Å²) in [6.45, 7) is 0. The number of aromatic nitrogens is 2. The average Bonchev–Trinajstić information content (AvgIpc) is 2.38. The first-order valence-electron chi connectivity index (χ1n) is 5.07. The standard InChI is InChI=1S/C12H9ClN4O/c1-18-10-5-3-2-4-9(10)16-11-6-8(7-14)15-12(13)17-11/h2-6H,1H3,(H,15,16,17). The van der Waals surface area contributed by atoms with E-state index in [0.29, 0.717) is 11.6 Å². The molecule has 0 unspecified atom stereocenters. The van der Waals surface area contributed by atoms with Gasteiger partial charge in [0.1, 0.15) is 23.3 Å². The second kappa shape index (κ2) is 5.34. The van der Waals surface area contributed by atoms with Crippen LogP contribution in [0, 0.1) is 11.3 Å². The van der Waals surface area contributed by atoms with Crippen molar-refractivity contribution in [2.45, 2.75) is 0 Å². The SMILES string of the molecule is COc1ccccc1Nc1cc(C#N)nc(Cl)n1. The molecule has 2 aromatic rings. The van der Waals surface area contributed by atoms with Gasteiger partial charge in [-0.15, -0.1) is 0 Å². The fourth-order valence-electron chi connectivity index (χ4n) is 1.43. The van der Waals surface area contributed by atoms with Gasteiger partial charge in [-0.2, -0.15) is 5.26 Å². The Bertz CT molecular complexity index is 609. The molecule has 0 atom stereocenters. The number of halogens is 1. The number of ether oxygens (including phenoxy) is 1. The average molecular weight is 261 g/mol. The quantitative estimate of drug-likeness (QED) is 0.859. The van der Waals surface area contributed by atoms with Crippen molar-refractivity contribution in [2.75, 3.05) is 12.4 Å². The molecule has 0 saturated heterocycles. The van der Waals surface area contributed by atoms with Crippen molar-refractivity contribution in [2.24, 2.45) is 0 Å². The predicted octanol–water partition coefficient (Wildman–Crippen LogP) is 2.75. The van der Waals surface area contributed by atoms with Gasteiger partial charge in [0.15, 0.2) is 0 Å². The number of nitrogens with zero attached hydrogens (tertiary/aromatic N) is 3. The zero-order chi connectivity index (χ0) is 13.0. The Balaban J connectivity index is 2.34. The highest BCUT2D eigenvalue weighted by molar-refractivity contribution is 6.28. The molecule has 1 N–H and O–H groups in total. The maximum Gasteiger partial charge on any atom is 0.225 e. The van der Waals surface area contributed by atoms with E-state index in [-0.39, 0.29) is 11.0 Å². The molecule has 2 rings (SSSR count). The smallest absolute Gasteiger partial charge is 0.225 e. The number of methoxy groups -OCH3 is 1. The van der Waals surface area contributed by atoms with E-state index in [1.807, 2.05) is 30.3 Å². The van der Waals surface area contributed by atoms with Crippen LogP contribution in [-0.2, 0) is 0 Å². The molecule has 0 saturated carbocycles. The van der Waals surface area contributed by atoms with Crippen molar-refractivity contribution < 1.29 is 4.74 Å². The van der Waals surface area contributed by atoms with Gasteiger partial charge in [0, 0.05) is 6.07 Å². The van der Waals surface area contributed by atoms with Gasteiger partial charge in [0.05, 0.1) is 12.8 Å². The molecular formula is C12H9ClN4O. The highest BCUT2D eigenvalue weighted by Gasteiger charge is 2.06.